The predicted molar refractivity (Wildman–Crippen MR) is 92.8 cm³/mol. The minimum Gasteiger partial charge on any atom is -0.408 e. The molecule has 0 bridgehead atoms. The SMILES string of the molecule is Cc1ccccc1CNC(=O)CCc1ccc2oc(=O)n(C)c2c1. The van der Waals surface area contributed by atoms with Gasteiger partial charge in [-0.05, 0) is 42.2 Å². The highest BCUT2D eigenvalue weighted by molar-refractivity contribution is 5.77. The summed E-state index contributed by atoms with van der Waals surface area (Å²) in [6, 6.07) is 13.6. The van der Waals surface area contributed by atoms with E-state index >= 15 is 0 Å². The number of nitrogens with one attached hydrogen (secondary N) is 1. The Hall–Kier alpha value is -2.82. The molecule has 0 atom stereocenters. The largest absolute Gasteiger partial charge is 0.419 e. The topological polar surface area (TPSA) is 64.2 Å². The third-order valence-electron chi connectivity index (χ3n) is 4.23. The summed E-state index contributed by atoms with van der Waals surface area (Å²) in [5, 5.41) is 2.95. The van der Waals surface area contributed by atoms with E-state index in [1.54, 1.807) is 13.1 Å². The normalized spacial score (nSPS) is 10.9. The molecule has 0 unspecified atom stereocenters. The van der Waals surface area contributed by atoms with Gasteiger partial charge < -0.3 is 9.73 Å². The number of benzene rings is 2. The Morgan fingerprint density at radius 3 is 2.79 bits per heavy atom. The molecule has 0 radical (unpaired) electrons. The van der Waals surface area contributed by atoms with Crippen molar-refractivity contribution >= 4 is 17.0 Å². The average molecular weight is 324 g/mol. The molecule has 1 aromatic heterocycles. The molecule has 2 aromatic carbocycles. The number of aryl methyl sites for hydroxylation is 3. The maximum absolute atomic E-state index is 12.1. The van der Waals surface area contributed by atoms with Crippen molar-refractivity contribution in [1.82, 2.24) is 9.88 Å². The van der Waals surface area contributed by atoms with Crippen molar-refractivity contribution in [2.45, 2.75) is 26.3 Å². The van der Waals surface area contributed by atoms with Crippen LogP contribution in [0.3, 0.4) is 0 Å². The summed E-state index contributed by atoms with van der Waals surface area (Å²) in [5.74, 6) is -0.363. The summed E-state index contributed by atoms with van der Waals surface area (Å²) in [6.45, 7) is 2.58. The van der Waals surface area contributed by atoms with Gasteiger partial charge in [0.1, 0.15) is 0 Å². The highest BCUT2D eigenvalue weighted by atomic mass is 16.4. The quantitative estimate of drug-likeness (QED) is 0.785. The lowest BCUT2D eigenvalue weighted by Gasteiger charge is -2.08. The lowest BCUT2D eigenvalue weighted by Crippen LogP contribution is -2.23. The first-order chi connectivity index (χ1) is 11.5. The molecular formula is C19H20N2O3. The number of hydrogen-bond donors (Lipinski definition) is 1. The molecule has 0 aliphatic carbocycles. The van der Waals surface area contributed by atoms with Crippen LogP contribution in [0.4, 0.5) is 0 Å². The number of hydrogen-bond acceptors (Lipinski definition) is 3. The molecule has 1 amide bonds. The van der Waals surface area contributed by atoms with Crippen LogP contribution in [0.2, 0.25) is 0 Å². The second kappa shape index (κ2) is 6.74. The molecule has 1 N–H and O–H groups in total. The van der Waals surface area contributed by atoms with Gasteiger partial charge in [0.15, 0.2) is 5.58 Å². The van der Waals surface area contributed by atoms with Crippen LogP contribution in [0.5, 0.6) is 0 Å². The zero-order valence-corrected chi connectivity index (χ0v) is 13.8. The molecule has 3 rings (SSSR count). The van der Waals surface area contributed by atoms with E-state index in [-0.39, 0.29) is 11.7 Å². The zero-order valence-electron chi connectivity index (χ0n) is 13.8. The van der Waals surface area contributed by atoms with Gasteiger partial charge in [0.05, 0.1) is 5.52 Å². The molecule has 3 aromatic rings. The summed E-state index contributed by atoms with van der Waals surface area (Å²) in [7, 11) is 1.67. The van der Waals surface area contributed by atoms with Crippen LogP contribution in [0.1, 0.15) is 23.1 Å². The Kier molecular flexibility index (Phi) is 4.51. The number of carbonyl (C=O) groups is 1. The van der Waals surface area contributed by atoms with Gasteiger partial charge in [-0.25, -0.2) is 4.79 Å². The van der Waals surface area contributed by atoms with Crippen LogP contribution in [-0.2, 0) is 24.8 Å². The zero-order chi connectivity index (χ0) is 17.1. The van der Waals surface area contributed by atoms with Gasteiger partial charge in [-0.1, -0.05) is 30.3 Å². The van der Waals surface area contributed by atoms with Gasteiger partial charge in [0.2, 0.25) is 5.91 Å². The minimum absolute atomic E-state index is 0.0134. The lowest BCUT2D eigenvalue weighted by molar-refractivity contribution is -0.121. The smallest absolute Gasteiger partial charge is 0.408 e. The van der Waals surface area contributed by atoms with Gasteiger partial charge in [0.25, 0.3) is 0 Å². The second-order valence-corrected chi connectivity index (χ2v) is 5.93. The van der Waals surface area contributed by atoms with Gasteiger partial charge >= 0.3 is 5.76 Å². The molecule has 0 aliphatic rings. The first-order valence-corrected chi connectivity index (χ1v) is 7.94. The monoisotopic (exact) mass is 324 g/mol. The van der Waals surface area contributed by atoms with Crippen molar-refractivity contribution < 1.29 is 9.21 Å². The van der Waals surface area contributed by atoms with E-state index in [2.05, 4.69) is 5.32 Å². The molecule has 0 spiro atoms. The van der Waals surface area contributed by atoms with Crippen molar-refractivity contribution in [2.24, 2.45) is 7.05 Å². The lowest BCUT2D eigenvalue weighted by atomic mass is 10.1. The third kappa shape index (κ3) is 3.40. The second-order valence-electron chi connectivity index (χ2n) is 5.93. The van der Waals surface area contributed by atoms with Crippen LogP contribution in [-0.4, -0.2) is 10.5 Å². The fraction of sp³-hybridized carbons (Fsp3) is 0.263. The predicted octanol–water partition coefficient (Wildman–Crippen LogP) is 2.69. The molecule has 0 saturated heterocycles. The fourth-order valence-corrected chi connectivity index (χ4v) is 2.68. The molecule has 1 heterocycles. The van der Waals surface area contributed by atoms with E-state index in [0.29, 0.717) is 25.0 Å². The summed E-state index contributed by atoms with van der Waals surface area (Å²) >= 11 is 0. The number of carbonyl (C=O) groups excluding carboxylic acids is 1. The highest BCUT2D eigenvalue weighted by Crippen LogP contribution is 2.15. The summed E-state index contributed by atoms with van der Waals surface area (Å²) in [4.78, 5) is 23.5. The average Bonchev–Trinajstić information content (AvgIpc) is 2.86. The molecule has 5 heteroatoms. The van der Waals surface area contributed by atoms with E-state index in [4.69, 9.17) is 4.42 Å². The van der Waals surface area contributed by atoms with Crippen LogP contribution in [0, 0.1) is 6.92 Å². The van der Waals surface area contributed by atoms with Crippen LogP contribution >= 0.6 is 0 Å². The van der Waals surface area contributed by atoms with E-state index in [0.717, 1.165) is 16.6 Å². The Bertz CT molecular complexity index is 937. The van der Waals surface area contributed by atoms with Gasteiger partial charge in [-0.3, -0.25) is 9.36 Å². The molecule has 5 nitrogen and oxygen atoms in total. The summed E-state index contributed by atoms with van der Waals surface area (Å²) in [5.41, 5.74) is 4.61. The Morgan fingerprint density at radius 1 is 1.21 bits per heavy atom. The summed E-state index contributed by atoms with van der Waals surface area (Å²) in [6.07, 6.45) is 1.03. The van der Waals surface area contributed by atoms with Gasteiger partial charge in [0, 0.05) is 20.0 Å². The fourth-order valence-electron chi connectivity index (χ4n) is 2.68. The Balaban J connectivity index is 1.59. The molecule has 0 fully saturated rings. The number of nitrogens with zero attached hydrogens (tertiary/aromatic N) is 1. The Morgan fingerprint density at radius 2 is 2.00 bits per heavy atom. The molecule has 24 heavy (non-hydrogen) atoms. The number of fused-ring (bicyclic) bond motifs is 1. The van der Waals surface area contributed by atoms with E-state index < -0.39 is 0 Å². The van der Waals surface area contributed by atoms with Crippen molar-refractivity contribution in [3.8, 4) is 0 Å². The van der Waals surface area contributed by atoms with Gasteiger partial charge in [-0.15, -0.1) is 0 Å². The molecule has 124 valence electrons. The van der Waals surface area contributed by atoms with E-state index in [9.17, 15) is 9.59 Å². The maximum Gasteiger partial charge on any atom is 0.419 e. The molecule has 0 saturated carbocycles. The standard InChI is InChI=1S/C19H20N2O3/c1-13-5-3-4-6-15(13)12-20-18(22)10-8-14-7-9-17-16(11-14)21(2)19(23)24-17/h3-7,9,11H,8,10,12H2,1-2H3,(H,20,22). The number of rotatable bonds is 5. The highest BCUT2D eigenvalue weighted by Gasteiger charge is 2.08. The summed E-state index contributed by atoms with van der Waals surface area (Å²) < 4.78 is 6.58. The van der Waals surface area contributed by atoms with Crippen LogP contribution in [0.15, 0.2) is 51.7 Å². The van der Waals surface area contributed by atoms with E-state index in [1.807, 2.05) is 43.3 Å². The number of amides is 1. The van der Waals surface area contributed by atoms with Crippen molar-refractivity contribution in [1.29, 1.82) is 0 Å². The maximum atomic E-state index is 12.1. The Labute approximate surface area is 139 Å². The first-order valence-electron chi connectivity index (χ1n) is 7.94. The number of oxazole rings is 1. The number of aromatic nitrogens is 1. The van der Waals surface area contributed by atoms with E-state index in [1.165, 1.54) is 10.1 Å². The van der Waals surface area contributed by atoms with Crippen molar-refractivity contribution in [3.63, 3.8) is 0 Å². The van der Waals surface area contributed by atoms with Crippen LogP contribution < -0.4 is 11.1 Å². The molecular weight excluding hydrogens is 304 g/mol. The molecule has 0 aliphatic heterocycles. The minimum atomic E-state index is -0.377. The first kappa shape index (κ1) is 16.1. The third-order valence-corrected chi connectivity index (χ3v) is 4.23. The van der Waals surface area contributed by atoms with Crippen molar-refractivity contribution in [3.05, 3.63) is 69.7 Å². The van der Waals surface area contributed by atoms with Crippen molar-refractivity contribution in [2.75, 3.05) is 0 Å². The van der Waals surface area contributed by atoms with Gasteiger partial charge in [-0.2, -0.15) is 0 Å². The van der Waals surface area contributed by atoms with Crippen LogP contribution in [0.25, 0.3) is 11.1 Å².